The van der Waals surface area contributed by atoms with Crippen LogP contribution in [0.5, 0.6) is 5.75 Å². The molecule has 0 saturated heterocycles. The monoisotopic (exact) mass is 293 g/mol. The zero-order chi connectivity index (χ0) is 13.4. The molecule has 2 N–H and O–H groups in total. The maximum Gasteiger partial charge on any atom is 0.119 e. The zero-order valence-electron chi connectivity index (χ0n) is 10.7. The lowest BCUT2D eigenvalue weighted by Crippen LogP contribution is -2.22. The van der Waals surface area contributed by atoms with Crippen LogP contribution in [0.25, 0.3) is 0 Å². The van der Waals surface area contributed by atoms with Gasteiger partial charge in [-0.1, -0.05) is 23.7 Å². The number of fused-ring (bicyclic) bond motifs is 1. The fourth-order valence-corrected chi connectivity index (χ4v) is 3.83. The highest BCUT2D eigenvalue weighted by atomic mass is 35.5. The van der Waals surface area contributed by atoms with E-state index < -0.39 is 0 Å². The second-order valence-electron chi connectivity index (χ2n) is 4.97. The predicted octanol–water partition coefficient (Wildman–Crippen LogP) is 4.45. The lowest BCUT2D eigenvalue weighted by atomic mass is 10.1. The first kappa shape index (κ1) is 13.0. The van der Waals surface area contributed by atoms with E-state index in [2.05, 4.69) is 24.4 Å². The van der Waals surface area contributed by atoms with E-state index >= 15 is 0 Å². The molecule has 0 spiro atoms. The molecule has 2 nitrogen and oxygen atoms in total. The number of halogens is 1. The molecule has 2 unspecified atom stereocenters. The summed E-state index contributed by atoms with van der Waals surface area (Å²) in [6.45, 7) is 2.16. The Morgan fingerprint density at radius 1 is 1.37 bits per heavy atom. The molecule has 19 heavy (non-hydrogen) atoms. The third-order valence-corrected chi connectivity index (χ3v) is 5.13. The summed E-state index contributed by atoms with van der Waals surface area (Å²) in [5, 5.41) is 13.5. The second kappa shape index (κ2) is 5.16. The molecule has 0 aliphatic heterocycles. The molecule has 0 amide bonds. The minimum atomic E-state index is 0.274. The van der Waals surface area contributed by atoms with Gasteiger partial charge in [-0.2, -0.15) is 0 Å². The molecular weight excluding hydrogens is 278 g/mol. The van der Waals surface area contributed by atoms with E-state index in [0.717, 1.165) is 22.7 Å². The van der Waals surface area contributed by atoms with Crippen molar-refractivity contribution in [3.05, 3.63) is 50.7 Å². The molecule has 0 radical (unpaired) electrons. The third kappa shape index (κ3) is 2.50. The van der Waals surface area contributed by atoms with Crippen LogP contribution >= 0.6 is 22.9 Å². The number of benzene rings is 1. The summed E-state index contributed by atoms with van der Waals surface area (Å²) in [6, 6.07) is 10.4. The molecule has 2 aromatic rings. The van der Waals surface area contributed by atoms with E-state index in [0.29, 0.717) is 11.8 Å². The molecule has 4 heteroatoms. The van der Waals surface area contributed by atoms with Crippen LogP contribution in [0.3, 0.4) is 0 Å². The van der Waals surface area contributed by atoms with Gasteiger partial charge < -0.3 is 10.4 Å². The Labute approximate surface area is 122 Å². The molecule has 1 aromatic carbocycles. The zero-order valence-corrected chi connectivity index (χ0v) is 12.3. The van der Waals surface area contributed by atoms with E-state index in [1.807, 2.05) is 12.1 Å². The van der Waals surface area contributed by atoms with Crippen molar-refractivity contribution in [2.75, 3.05) is 0 Å². The summed E-state index contributed by atoms with van der Waals surface area (Å²) in [7, 11) is 0. The van der Waals surface area contributed by atoms with Gasteiger partial charge >= 0.3 is 0 Å². The van der Waals surface area contributed by atoms with Gasteiger partial charge in [-0.25, -0.2) is 0 Å². The molecule has 1 aromatic heterocycles. The molecule has 0 saturated carbocycles. The van der Waals surface area contributed by atoms with E-state index in [1.165, 1.54) is 10.4 Å². The molecule has 100 valence electrons. The van der Waals surface area contributed by atoms with Gasteiger partial charge in [-0.3, -0.25) is 0 Å². The standard InChI is InChI=1S/C15H16ClNOS/c1-9(14-7-8-15(16)19-14)17-12-6-5-11-10(12)3-2-4-13(11)18/h2-4,7-9,12,17-18H,5-6H2,1H3. The largest absolute Gasteiger partial charge is 0.508 e. The molecule has 1 aliphatic carbocycles. The summed E-state index contributed by atoms with van der Waals surface area (Å²) >= 11 is 7.60. The summed E-state index contributed by atoms with van der Waals surface area (Å²) in [4.78, 5) is 1.25. The van der Waals surface area contributed by atoms with Crippen LogP contribution < -0.4 is 5.32 Å². The van der Waals surface area contributed by atoms with Crippen LogP contribution in [0.4, 0.5) is 0 Å². The Balaban J connectivity index is 1.78. The molecule has 0 bridgehead atoms. The summed E-state index contributed by atoms with van der Waals surface area (Å²) in [5.74, 6) is 0.425. The predicted molar refractivity (Wildman–Crippen MR) is 80.0 cm³/mol. The number of hydrogen-bond acceptors (Lipinski definition) is 3. The van der Waals surface area contributed by atoms with Crippen molar-refractivity contribution in [1.29, 1.82) is 0 Å². The number of aromatic hydroxyl groups is 1. The Morgan fingerprint density at radius 2 is 2.21 bits per heavy atom. The van der Waals surface area contributed by atoms with Crippen LogP contribution in [0.15, 0.2) is 30.3 Å². The molecule has 1 heterocycles. The van der Waals surface area contributed by atoms with Crippen LogP contribution in [0.2, 0.25) is 4.34 Å². The van der Waals surface area contributed by atoms with Gasteiger partial charge in [-0.05, 0) is 49.1 Å². The second-order valence-corrected chi connectivity index (χ2v) is 6.71. The number of thiophene rings is 1. The first-order chi connectivity index (χ1) is 9.15. The van der Waals surface area contributed by atoms with Gasteiger partial charge in [0, 0.05) is 17.0 Å². The normalized spacial score (nSPS) is 19.4. The van der Waals surface area contributed by atoms with E-state index in [-0.39, 0.29) is 6.04 Å². The van der Waals surface area contributed by atoms with Crippen LogP contribution in [-0.2, 0) is 6.42 Å². The summed E-state index contributed by atoms with van der Waals surface area (Å²) in [5.41, 5.74) is 2.32. The number of nitrogens with one attached hydrogen (secondary N) is 1. The maximum absolute atomic E-state index is 9.86. The molecular formula is C15H16ClNOS. The fraction of sp³-hybridized carbons (Fsp3) is 0.333. The smallest absolute Gasteiger partial charge is 0.119 e. The highest BCUT2D eigenvalue weighted by molar-refractivity contribution is 7.16. The van der Waals surface area contributed by atoms with Crippen molar-refractivity contribution >= 4 is 22.9 Å². The summed E-state index contributed by atoms with van der Waals surface area (Å²) in [6.07, 6.45) is 1.98. The van der Waals surface area contributed by atoms with Gasteiger partial charge in [0.15, 0.2) is 0 Å². The van der Waals surface area contributed by atoms with Crippen molar-refractivity contribution < 1.29 is 5.11 Å². The van der Waals surface area contributed by atoms with E-state index in [4.69, 9.17) is 11.6 Å². The van der Waals surface area contributed by atoms with Gasteiger partial charge in [0.1, 0.15) is 5.75 Å². The number of rotatable bonds is 3. The van der Waals surface area contributed by atoms with Gasteiger partial charge in [0.2, 0.25) is 0 Å². The molecule has 3 rings (SSSR count). The Kier molecular flexibility index (Phi) is 3.52. The average Bonchev–Trinajstić information content (AvgIpc) is 2.98. The van der Waals surface area contributed by atoms with Crippen LogP contribution in [-0.4, -0.2) is 5.11 Å². The first-order valence-electron chi connectivity index (χ1n) is 6.47. The highest BCUT2D eigenvalue weighted by Crippen LogP contribution is 2.38. The fourth-order valence-electron chi connectivity index (χ4n) is 2.75. The first-order valence-corrected chi connectivity index (χ1v) is 7.66. The van der Waals surface area contributed by atoms with Crippen LogP contribution in [0.1, 0.15) is 41.4 Å². The third-order valence-electron chi connectivity index (χ3n) is 3.72. The van der Waals surface area contributed by atoms with E-state index in [9.17, 15) is 5.11 Å². The van der Waals surface area contributed by atoms with Crippen molar-refractivity contribution in [2.45, 2.75) is 31.8 Å². The van der Waals surface area contributed by atoms with E-state index in [1.54, 1.807) is 17.4 Å². The number of phenolic OH excluding ortho intramolecular Hbond substituents is 1. The average molecular weight is 294 g/mol. The SMILES string of the molecule is CC(NC1CCc2c(O)cccc21)c1ccc(Cl)s1. The van der Waals surface area contributed by atoms with Gasteiger partial charge in [0.05, 0.1) is 4.34 Å². The van der Waals surface area contributed by atoms with Crippen molar-refractivity contribution in [1.82, 2.24) is 5.32 Å². The highest BCUT2D eigenvalue weighted by Gasteiger charge is 2.26. The van der Waals surface area contributed by atoms with Crippen molar-refractivity contribution in [3.63, 3.8) is 0 Å². The van der Waals surface area contributed by atoms with Gasteiger partial charge in [0.25, 0.3) is 0 Å². The Hall–Kier alpha value is -1.03. The van der Waals surface area contributed by atoms with Crippen molar-refractivity contribution in [3.8, 4) is 5.75 Å². The maximum atomic E-state index is 9.86. The minimum absolute atomic E-state index is 0.274. The molecule has 0 fully saturated rings. The van der Waals surface area contributed by atoms with Gasteiger partial charge in [-0.15, -0.1) is 11.3 Å². The molecule has 1 aliphatic rings. The summed E-state index contributed by atoms with van der Waals surface area (Å²) < 4.78 is 0.827. The Bertz CT molecular complexity index is 596. The lowest BCUT2D eigenvalue weighted by molar-refractivity contribution is 0.469. The minimum Gasteiger partial charge on any atom is -0.508 e. The number of phenols is 1. The lowest BCUT2D eigenvalue weighted by Gasteiger charge is -2.19. The topological polar surface area (TPSA) is 32.3 Å². The quantitative estimate of drug-likeness (QED) is 0.876. The number of hydrogen-bond donors (Lipinski definition) is 2. The Morgan fingerprint density at radius 3 is 2.95 bits per heavy atom. The van der Waals surface area contributed by atoms with Crippen molar-refractivity contribution in [2.24, 2.45) is 0 Å². The van der Waals surface area contributed by atoms with Crippen LogP contribution in [0, 0.1) is 0 Å². The molecule has 2 atom stereocenters.